The Bertz CT molecular complexity index is 1030. The van der Waals surface area contributed by atoms with Crippen LogP contribution < -0.4 is 10.9 Å². The van der Waals surface area contributed by atoms with Gasteiger partial charge in [-0.25, -0.2) is 4.98 Å². The molecule has 0 aliphatic rings. The van der Waals surface area contributed by atoms with Crippen LogP contribution in [0.15, 0.2) is 69.2 Å². The van der Waals surface area contributed by atoms with Crippen LogP contribution in [0.2, 0.25) is 0 Å². The van der Waals surface area contributed by atoms with Gasteiger partial charge in [-0.1, -0.05) is 45.4 Å². The molecule has 0 unspecified atom stereocenters. The van der Waals surface area contributed by atoms with Gasteiger partial charge in [0.2, 0.25) is 5.91 Å². The van der Waals surface area contributed by atoms with Crippen LogP contribution in [0.1, 0.15) is 11.1 Å². The number of hydrogen-bond acceptors (Lipinski definition) is 4. The first-order chi connectivity index (χ1) is 12.9. The lowest BCUT2D eigenvalue weighted by atomic mass is 10.1. The number of hydrogen-bond donors (Lipinski definition) is 1. The number of anilines is 1. The molecule has 7 heteroatoms. The maximum Gasteiger partial charge on any atom is 0.287 e. The molecule has 0 fully saturated rings. The van der Waals surface area contributed by atoms with Crippen molar-refractivity contribution in [1.29, 1.82) is 0 Å². The summed E-state index contributed by atoms with van der Waals surface area (Å²) in [5.74, 6) is -0.0629. The Morgan fingerprint density at radius 1 is 1.19 bits per heavy atom. The van der Waals surface area contributed by atoms with Gasteiger partial charge in [0.1, 0.15) is 0 Å². The van der Waals surface area contributed by atoms with Gasteiger partial charge in [0.15, 0.2) is 5.03 Å². The van der Waals surface area contributed by atoms with Crippen LogP contribution in [0.5, 0.6) is 0 Å². The number of carbonyl (C=O) groups excluding carboxylic acids is 1. The lowest BCUT2D eigenvalue weighted by Gasteiger charge is -2.09. The third-order valence-electron chi connectivity index (χ3n) is 3.91. The van der Waals surface area contributed by atoms with Crippen molar-refractivity contribution < 1.29 is 4.79 Å². The summed E-state index contributed by atoms with van der Waals surface area (Å²) in [4.78, 5) is 29.0. The van der Waals surface area contributed by atoms with Gasteiger partial charge in [-0.15, -0.1) is 0 Å². The second-order valence-electron chi connectivity index (χ2n) is 6.04. The number of nitrogens with zero attached hydrogens (tertiary/aromatic N) is 2. The van der Waals surface area contributed by atoms with E-state index < -0.39 is 0 Å². The van der Waals surface area contributed by atoms with Crippen molar-refractivity contribution in [3.63, 3.8) is 0 Å². The minimum absolute atomic E-state index is 0.111. The molecule has 138 valence electrons. The Kier molecular flexibility index (Phi) is 6.13. The molecule has 0 bridgehead atoms. The zero-order valence-corrected chi connectivity index (χ0v) is 17.3. The van der Waals surface area contributed by atoms with Gasteiger partial charge in [0.25, 0.3) is 5.56 Å². The van der Waals surface area contributed by atoms with Crippen LogP contribution >= 0.6 is 27.7 Å². The van der Waals surface area contributed by atoms with E-state index in [-0.39, 0.29) is 22.2 Å². The van der Waals surface area contributed by atoms with Crippen LogP contribution in [0.4, 0.5) is 5.69 Å². The van der Waals surface area contributed by atoms with Crippen molar-refractivity contribution in [1.82, 2.24) is 9.55 Å². The minimum atomic E-state index is -0.246. The van der Waals surface area contributed by atoms with Crippen molar-refractivity contribution >= 4 is 39.3 Å². The van der Waals surface area contributed by atoms with Gasteiger partial charge in [0.05, 0.1) is 5.75 Å². The highest BCUT2D eigenvalue weighted by Crippen LogP contribution is 2.18. The third-order valence-corrected chi connectivity index (χ3v) is 5.40. The quantitative estimate of drug-likeness (QED) is 0.595. The smallest absolute Gasteiger partial charge is 0.287 e. The standard InChI is InChI=1S/C20H18BrN3O2S/c1-13-3-8-17(14(2)11-13)23-18(25)12-27-19-20(26)24(10-9-22-19)16-6-4-15(21)5-7-16/h3-11H,12H2,1-2H3,(H,23,25). The van der Waals surface area contributed by atoms with E-state index in [4.69, 9.17) is 0 Å². The molecule has 0 spiro atoms. The number of carbonyl (C=O) groups is 1. The summed E-state index contributed by atoms with van der Waals surface area (Å²) in [5.41, 5.74) is 3.42. The molecule has 0 atom stereocenters. The Balaban J connectivity index is 1.71. The Morgan fingerprint density at radius 2 is 1.93 bits per heavy atom. The van der Waals surface area contributed by atoms with E-state index >= 15 is 0 Å². The summed E-state index contributed by atoms with van der Waals surface area (Å²) >= 11 is 4.51. The van der Waals surface area contributed by atoms with Crippen LogP contribution in [0.25, 0.3) is 5.69 Å². The molecule has 0 saturated heterocycles. The number of aryl methyl sites for hydroxylation is 2. The first kappa shape index (κ1) is 19.4. The lowest BCUT2D eigenvalue weighted by molar-refractivity contribution is -0.113. The monoisotopic (exact) mass is 443 g/mol. The SMILES string of the molecule is Cc1ccc(NC(=O)CSc2nccn(-c3ccc(Br)cc3)c2=O)c(C)c1. The van der Waals surface area contributed by atoms with Crippen molar-refractivity contribution in [2.75, 3.05) is 11.1 Å². The van der Waals surface area contributed by atoms with E-state index in [9.17, 15) is 9.59 Å². The number of rotatable bonds is 5. The molecule has 1 aromatic heterocycles. The average molecular weight is 444 g/mol. The largest absolute Gasteiger partial charge is 0.325 e. The average Bonchev–Trinajstić information content (AvgIpc) is 2.64. The second kappa shape index (κ2) is 8.54. The molecule has 3 rings (SSSR count). The predicted octanol–water partition coefficient (Wildman–Crippen LogP) is 4.34. The van der Waals surface area contributed by atoms with Gasteiger partial charge < -0.3 is 5.32 Å². The van der Waals surface area contributed by atoms with Gasteiger partial charge in [0, 0.05) is 28.2 Å². The summed E-state index contributed by atoms with van der Waals surface area (Å²) in [6, 6.07) is 13.3. The minimum Gasteiger partial charge on any atom is -0.325 e. The first-order valence-electron chi connectivity index (χ1n) is 8.27. The van der Waals surface area contributed by atoms with E-state index in [1.807, 2.05) is 56.3 Å². The van der Waals surface area contributed by atoms with Crippen LogP contribution in [-0.2, 0) is 4.79 Å². The maximum atomic E-state index is 12.7. The summed E-state index contributed by atoms with van der Waals surface area (Å²) < 4.78 is 2.45. The van der Waals surface area contributed by atoms with Gasteiger partial charge in [-0.3, -0.25) is 14.2 Å². The fourth-order valence-corrected chi connectivity index (χ4v) is 3.53. The zero-order valence-electron chi connectivity index (χ0n) is 14.9. The first-order valence-corrected chi connectivity index (χ1v) is 10.1. The molecule has 3 aromatic rings. The molecule has 0 saturated carbocycles. The highest BCUT2D eigenvalue weighted by molar-refractivity contribution is 9.10. The molecule has 1 heterocycles. The molecular formula is C20H18BrN3O2S. The molecule has 2 aromatic carbocycles. The Labute approximate surface area is 170 Å². The molecule has 0 aliphatic heterocycles. The number of thioether (sulfide) groups is 1. The summed E-state index contributed by atoms with van der Waals surface area (Å²) in [5, 5.41) is 3.17. The van der Waals surface area contributed by atoms with Crippen molar-refractivity contribution in [3.8, 4) is 5.69 Å². The highest BCUT2D eigenvalue weighted by Gasteiger charge is 2.11. The van der Waals surface area contributed by atoms with Crippen LogP contribution in [0.3, 0.4) is 0 Å². The number of benzene rings is 2. The number of aromatic nitrogens is 2. The molecule has 1 N–H and O–H groups in total. The molecule has 27 heavy (non-hydrogen) atoms. The van der Waals surface area contributed by atoms with Gasteiger partial charge in [-0.05, 0) is 49.7 Å². The number of halogens is 1. The third kappa shape index (κ3) is 4.87. The zero-order chi connectivity index (χ0) is 19.4. The Morgan fingerprint density at radius 3 is 2.63 bits per heavy atom. The van der Waals surface area contributed by atoms with Crippen molar-refractivity contribution in [2.45, 2.75) is 18.9 Å². The normalized spacial score (nSPS) is 10.6. The van der Waals surface area contributed by atoms with E-state index in [0.717, 1.165) is 38.7 Å². The lowest BCUT2D eigenvalue weighted by Crippen LogP contribution is -2.22. The van der Waals surface area contributed by atoms with E-state index in [2.05, 4.69) is 26.2 Å². The van der Waals surface area contributed by atoms with Crippen molar-refractivity contribution in [2.24, 2.45) is 0 Å². The predicted molar refractivity (Wildman–Crippen MR) is 113 cm³/mol. The molecular weight excluding hydrogens is 426 g/mol. The number of nitrogens with one attached hydrogen (secondary N) is 1. The second-order valence-corrected chi connectivity index (χ2v) is 7.92. The highest BCUT2D eigenvalue weighted by atomic mass is 79.9. The molecule has 0 aliphatic carbocycles. The van der Waals surface area contributed by atoms with Crippen LogP contribution in [0, 0.1) is 13.8 Å². The Hall–Kier alpha value is -2.38. The maximum absolute atomic E-state index is 12.7. The van der Waals surface area contributed by atoms with E-state index in [0.29, 0.717) is 0 Å². The fourth-order valence-electron chi connectivity index (χ4n) is 2.57. The van der Waals surface area contributed by atoms with Crippen molar-refractivity contribution in [3.05, 3.63) is 80.8 Å². The summed E-state index contributed by atoms with van der Waals surface area (Å²) in [6.07, 6.45) is 3.18. The topological polar surface area (TPSA) is 64.0 Å². The summed E-state index contributed by atoms with van der Waals surface area (Å²) in [6.45, 7) is 3.96. The van der Waals surface area contributed by atoms with Crippen LogP contribution in [-0.4, -0.2) is 21.2 Å². The number of amides is 1. The molecule has 1 amide bonds. The van der Waals surface area contributed by atoms with Gasteiger partial charge >= 0.3 is 0 Å². The molecule has 0 radical (unpaired) electrons. The fraction of sp³-hybridized carbons (Fsp3) is 0.150. The molecule has 5 nitrogen and oxygen atoms in total. The van der Waals surface area contributed by atoms with E-state index in [1.165, 1.54) is 4.57 Å². The van der Waals surface area contributed by atoms with Gasteiger partial charge in [-0.2, -0.15) is 0 Å². The van der Waals surface area contributed by atoms with E-state index in [1.54, 1.807) is 12.4 Å². The summed E-state index contributed by atoms with van der Waals surface area (Å²) in [7, 11) is 0.